The molecule has 26 heavy (non-hydrogen) atoms. The van der Waals surface area contributed by atoms with E-state index in [4.69, 9.17) is 21.4 Å². The predicted molar refractivity (Wildman–Crippen MR) is 85.9 cm³/mol. The standard InChI is InChI=1S/C17H13ClF3NO4/c1-17(20,21)26-14-4-9(7-22-15(14)8-2-3-8)25-13-6-12(19)10(16(23)24)5-11(13)18/h4-8H,2-3H2,1H3,(H,23,24). The van der Waals surface area contributed by atoms with E-state index in [1.807, 2.05) is 0 Å². The lowest BCUT2D eigenvalue weighted by Gasteiger charge is -2.17. The third-order valence-electron chi connectivity index (χ3n) is 3.59. The minimum Gasteiger partial charge on any atom is -0.478 e. The number of hydrogen-bond acceptors (Lipinski definition) is 4. The molecule has 1 aliphatic rings. The number of aromatic carboxylic acids is 1. The Balaban J connectivity index is 1.92. The number of nitrogens with zero attached hydrogens (tertiary/aromatic N) is 1. The Morgan fingerprint density at radius 2 is 2.00 bits per heavy atom. The Labute approximate surface area is 151 Å². The van der Waals surface area contributed by atoms with Gasteiger partial charge in [0.15, 0.2) is 5.75 Å². The first-order chi connectivity index (χ1) is 12.1. The maximum Gasteiger partial charge on any atom is 0.394 e. The molecule has 0 amide bonds. The molecule has 0 saturated heterocycles. The smallest absolute Gasteiger partial charge is 0.394 e. The molecule has 138 valence electrons. The Hall–Kier alpha value is -2.48. The van der Waals surface area contributed by atoms with Crippen LogP contribution in [0.3, 0.4) is 0 Å². The average molecular weight is 388 g/mol. The van der Waals surface area contributed by atoms with E-state index in [-0.39, 0.29) is 28.2 Å². The third kappa shape index (κ3) is 4.19. The first-order valence-electron chi connectivity index (χ1n) is 7.61. The number of alkyl halides is 2. The van der Waals surface area contributed by atoms with E-state index < -0.39 is 23.5 Å². The van der Waals surface area contributed by atoms with Gasteiger partial charge in [0.05, 0.1) is 22.5 Å². The van der Waals surface area contributed by atoms with Crippen LogP contribution < -0.4 is 9.47 Å². The van der Waals surface area contributed by atoms with Gasteiger partial charge in [0.25, 0.3) is 0 Å². The highest BCUT2D eigenvalue weighted by molar-refractivity contribution is 6.32. The van der Waals surface area contributed by atoms with Gasteiger partial charge in [-0.3, -0.25) is 4.98 Å². The van der Waals surface area contributed by atoms with E-state index in [1.165, 1.54) is 12.3 Å². The van der Waals surface area contributed by atoms with Crippen molar-refractivity contribution >= 4 is 17.6 Å². The Morgan fingerprint density at radius 1 is 1.31 bits per heavy atom. The van der Waals surface area contributed by atoms with Crippen LogP contribution in [0.15, 0.2) is 24.4 Å². The fourth-order valence-electron chi connectivity index (χ4n) is 2.33. The normalized spacial score (nSPS) is 14.2. The lowest BCUT2D eigenvalue weighted by molar-refractivity contribution is -0.159. The number of hydrogen-bond donors (Lipinski definition) is 1. The van der Waals surface area contributed by atoms with Crippen LogP contribution in [0.5, 0.6) is 17.2 Å². The second-order valence-electron chi connectivity index (χ2n) is 5.91. The molecule has 0 radical (unpaired) electrons. The van der Waals surface area contributed by atoms with Crippen molar-refractivity contribution in [2.45, 2.75) is 31.8 Å². The molecule has 0 bridgehead atoms. The van der Waals surface area contributed by atoms with Gasteiger partial charge in [0, 0.05) is 25.0 Å². The number of pyridine rings is 1. The minimum atomic E-state index is -3.41. The van der Waals surface area contributed by atoms with Gasteiger partial charge in [0.1, 0.15) is 17.3 Å². The summed E-state index contributed by atoms with van der Waals surface area (Å²) in [4.78, 5) is 15.0. The zero-order valence-electron chi connectivity index (χ0n) is 13.4. The van der Waals surface area contributed by atoms with E-state index in [2.05, 4.69) is 9.72 Å². The third-order valence-corrected chi connectivity index (χ3v) is 3.89. The van der Waals surface area contributed by atoms with Crippen LogP contribution in [0.2, 0.25) is 5.02 Å². The van der Waals surface area contributed by atoms with E-state index in [0.29, 0.717) is 12.6 Å². The molecule has 1 aliphatic carbocycles. The maximum absolute atomic E-state index is 13.8. The van der Waals surface area contributed by atoms with Gasteiger partial charge in [0.2, 0.25) is 0 Å². The number of benzene rings is 1. The molecule has 1 aromatic heterocycles. The van der Waals surface area contributed by atoms with Gasteiger partial charge in [-0.1, -0.05) is 11.6 Å². The number of aromatic nitrogens is 1. The fourth-order valence-corrected chi connectivity index (χ4v) is 2.53. The second kappa shape index (κ2) is 6.68. The fraction of sp³-hybridized carbons (Fsp3) is 0.294. The number of carboxylic acids is 1. The molecular formula is C17H13ClF3NO4. The zero-order valence-corrected chi connectivity index (χ0v) is 14.2. The SMILES string of the molecule is CC(F)(F)Oc1cc(Oc2cc(F)c(C(=O)O)cc2Cl)cnc1C1CC1. The molecule has 1 N–H and O–H groups in total. The number of carbonyl (C=O) groups is 1. The van der Waals surface area contributed by atoms with Gasteiger partial charge in [-0.15, -0.1) is 0 Å². The van der Waals surface area contributed by atoms with Gasteiger partial charge in [-0.05, 0) is 18.9 Å². The van der Waals surface area contributed by atoms with Crippen molar-refractivity contribution in [2.24, 2.45) is 0 Å². The van der Waals surface area contributed by atoms with E-state index in [0.717, 1.165) is 25.0 Å². The summed E-state index contributed by atoms with van der Waals surface area (Å²) in [6.45, 7) is 0.605. The molecule has 0 unspecified atom stereocenters. The van der Waals surface area contributed by atoms with Crippen LogP contribution in [-0.4, -0.2) is 22.2 Å². The van der Waals surface area contributed by atoms with Crippen molar-refractivity contribution in [3.8, 4) is 17.2 Å². The quantitative estimate of drug-likeness (QED) is 0.734. The van der Waals surface area contributed by atoms with Crippen LogP contribution in [0, 0.1) is 5.82 Å². The topological polar surface area (TPSA) is 68.7 Å². The Kier molecular flexibility index (Phi) is 4.70. The molecule has 1 heterocycles. The van der Waals surface area contributed by atoms with E-state index in [9.17, 15) is 18.0 Å². The van der Waals surface area contributed by atoms with Crippen LogP contribution in [-0.2, 0) is 0 Å². The van der Waals surface area contributed by atoms with Crippen LogP contribution in [0.25, 0.3) is 0 Å². The van der Waals surface area contributed by atoms with Crippen LogP contribution in [0.4, 0.5) is 13.2 Å². The number of rotatable bonds is 6. The molecule has 0 spiro atoms. The van der Waals surface area contributed by atoms with Crippen LogP contribution in [0.1, 0.15) is 41.7 Å². The van der Waals surface area contributed by atoms with Crippen molar-refractivity contribution in [2.75, 3.05) is 0 Å². The summed E-state index contributed by atoms with van der Waals surface area (Å²) in [5, 5.41) is 8.71. The first-order valence-corrected chi connectivity index (χ1v) is 7.99. The first kappa shape index (κ1) is 18.3. The zero-order chi connectivity index (χ0) is 19.1. The Bertz CT molecular complexity index is 866. The number of halogens is 4. The second-order valence-corrected chi connectivity index (χ2v) is 6.32. The monoisotopic (exact) mass is 387 g/mol. The largest absolute Gasteiger partial charge is 0.478 e. The molecule has 1 saturated carbocycles. The summed E-state index contributed by atoms with van der Waals surface area (Å²) < 4.78 is 50.3. The summed E-state index contributed by atoms with van der Waals surface area (Å²) in [6.07, 6.45) is -0.469. The highest BCUT2D eigenvalue weighted by Gasteiger charge is 2.32. The van der Waals surface area contributed by atoms with Gasteiger partial charge < -0.3 is 14.6 Å². The summed E-state index contributed by atoms with van der Waals surface area (Å²) >= 11 is 5.91. The van der Waals surface area contributed by atoms with Gasteiger partial charge in [-0.2, -0.15) is 8.78 Å². The van der Waals surface area contributed by atoms with Crippen molar-refractivity contribution in [3.63, 3.8) is 0 Å². The van der Waals surface area contributed by atoms with Crippen molar-refractivity contribution in [1.82, 2.24) is 4.98 Å². The molecule has 0 aliphatic heterocycles. The molecule has 1 fully saturated rings. The highest BCUT2D eigenvalue weighted by Crippen LogP contribution is 2.45. The van der Waals surface area contributed by atoms with E-state index in [1.54, 1.807) is 0 Å². The highest BCUT2D eigenvalue weighted by atomic mass is 35.5. The molecule has 3 rings (SSSR count). The average Bonchev–Trinajstić information content (AvgIpc) is 3.33. The number of ether oxygens (including phenoxy) is 2. The minimum absolute atomic E-state index is 0.00183. The molecule has 5 nitrogen and oxygen atoms in total. The van der Waals surface area contributed by atoms with Gasteiger partial charge >= 0.3 is 12.1 Å². The van der Waals surface area contributed by atoms with E-state index >= 15 is 0 Å². The molecular weight excluding hydrogens is 375 g/mol. The molecule has 1 aromatic carbocycles. The number of carboxylic acid groups (broad SMARTS) is 1. The lowest BCUT2D eigenvalue weighted by Crippen LogP contribution is -2.20. The van der Waals surface area contributed by atoms with Crippen LogP contribution >= 0.6 is 11.6 Å². The predicted octanol–water partition coefficient (Wildman–Crippen LogP) is 5.23. The summed E-state index contributed by atoms with van der Waals surface area (Å²) in [5.74, 6) is -2.78. The van der Waals surface area contributed by atoms with Crippen molar-refractivity contribution < 1.29 is 32.5 Å². The summed E-state index contributed by atoms with van der Waals surface area (Å²) in [6, 6.07) is 2.92. The van der Waals surface area contributed by atoms with Gasteiger partial charge in [-0.25, -0.2) is 9.18 Å². The lowest BCUT2D eigenvalue weighted by atomic mass is 10.2. The summed E-state index contributed by atoms with van der Waals surface area (Å²) in [5.41, 5.74) is -0.211. The molecule has 9 heteroatoms. The Morgan fingerprint density at radius 3 is 2.58 bits per heavy atom. The summed E-state index contributed by atoms with van der Waals surface area (Å²) in [7, 11) is 0. The maximum atomic E-state index is 13.8. The van der Waals surface area contributed by atoms with Crippen molar-refractivity contribution in [3.05, 3.63) is 46.5 Å². The molecule has 0 atom stereocenters. The van der Waals surface area contributed by atoms with Crippen molar-refractivity contribution in [1.29, 1.82) is 0 Å². The molecule has 2 aromatic rings.